The Bertz CT molecular complexity index is 449. The lowest BCUT2D eigenvalue weighted by Crippen LogP contribution is -2.18. The topological polar surface area (TPSA) is 55.2 Å². The van der Waals surface area contributed by atoms with Crippen LogP contribution in [0.3, 0.4) is 0 Å². The van der Waals surface area contributed by atoms with Gasteiger partial charge in [-0.3, -0.25) is 10.1 Å². The maximum Gasteiger partial charge on any atom is 0.292 e. The Kier molecular flexibility index (Phi) is 3.63. The molecule has 0 unspecified atom stereocenters. The van der Waals surface area contributed by atoms with Crippen molar-refractivity contribution in [3.05, 3.63) is 32.8 Å². The Balaban J connectivity index is 2.13. The molecule has 1 saturated carbocycles. The fourth-order valence-electron chi connectivity index (χ4n) is 1.66. The van der Waals surface area contributed by atoms with Gasteiger partial charge in [0.2, 0.25) is 0 Å². The summed E-state index contributed by atoms with van der Waals surface area (Å²) in [6.07, 6.45) is 4.45. The van der Waals surface area contributed by atoms with Gasteiger partial charge >= 0.3 is 0 Å². The molecule has 1 N–H and O–H groups in total. The highest BCUT2D eigenvalue weighted by atomic mass is 79.9. The number of halogens is 1. The average Bonchev–Trinajstić information content (AvgIpc) is 3.07. The molecule has 1 aromatic carbocycles. The van der Waals surface area contributed by atoms with E-state index in [2.05, 4.69) is 27.5 Å². The summed E-state index contributed by atoms with van der Waals surface area (Å²) in [5.74, 6) is 0. The number of nitro benzene ring substituents is 1. The predicted molar refractivity (Wildman–Crippen MR) is 74.8 cm³/mol. The SMILES string of the molecule is CSC1(CNc2cc(Br)ccc2[N+](=O)[O-])CC1. The molecule has 4 nitrogen and oxygen atoms in total. The van der Waals surface area contributed by atoms with Gasteiger partial charge in [-0.15, -0.1) is 0 Å². The molecule has 6 heteroatoms. The zero-order valence-electron chi connectivity index (χ0n) is 9.40. The largest absolute Gasteiger partial charge is 0.378 e. The van der Waals surface area contributed by atoms with Gasteiger partial charge in [-0.05, 0) is 31.2 Å². The van der Waals surface area contributed by atoms with Gasteiger partial charge in [0.15, 0.2) is 0 Å². The van der Waals surface area contributed by atoms with Crippen LogP contribution in [0.4, 0.5) is 11.4 Å². The molecule has 0 aromatic heterocycles. The molecule has 0 spiro atoms. The van der Waals surface area contributed by atoms with Crippen LogP contribution in [0.2, 0.25) is 0 Å². The highest BCUT2D eigenvalue weighted by Crippen LogP contribution is 2.47. The van der Waals surface area contributed by atoms with E-state index in [9.17, 15) is 10.1 Å². The molecule has 1 aliphatic rings. The Hall–Kier alpha value is -0.750. The van der Waals surface area contributed by atoms with Gasteiger partial charge in [0.25, 0.3) is 5.69 Å². The maximum absolute atomic E-state index is 10.9. The van der Waals surface area contributed by atoms with Crippen LogP contribution in [0.5, 0.6) is 0 Å². The lowest BCUT2D eigenvalue weighted by Gasteiger charge is -2.14. The summed E-state index contributed by atoms with van der Waals surface area (Å²) in [7, 11) is 0. The Morgan fingerprint density at radius 1 is 1.59 bits per heavy atom. The van der Waals surface area contributed by atoms with Gasteiger partial charge in [-0.25, -0.2) is 0 Å². The van der Waals surface area contributed by atoms with Gasteiger partial charge in [0.05, 0.1) is 4.92 Å². The molecule has 1 aromatic rings. The normalized spacial score (nSPS) is 16.6. The maximum atomic E-state index is 10.9. The summed E-state index contributed by atoms with van der Waals surface area (Å²) in [5.41, 5.74) is 0.717. The Morgan fingerprint density at radius 2 is 2.29 bits per heavy atom. The summed E-state index contributed by atoms with van der Waals surface area (Å²) in [6, 6.07) is 4.96. The van der Waals surface area contributed by atoms with Crippen molar-refractivity contribution in [1.82, 2.24) is 0 Å². The summed E-state index contributed by atoms with van der Waals surface area (Å²) in [6.45, 7) is 0.783. The van der Waals surface area contributed by atoms with E-state index in [1.54, 1.807) is 12.1 Å². The van der Waals surface area contributed by atoms with Gasteiger partial charge in [-0.2, -0.15) is 11.8 Å². The molecule has 0 amide bonds. The standard InChI is InChI=1S/C11H13BrN2O2S/c1-17-11(4-5-11)7-13-9-6-8(12)2-3-10(9)14(15)16/h2-3,6,13H,4-5,7H2,1H3. The summed E-state index contributed by atoms with van der Waals surface area (Å²) in [5, 5.41) is 14.1. The van der Waals surface area contributed by atoms with Crippen molar-refractivity contribution >= 4 is 39.1 Å². The molecule has 17 heavy (non-hydrogen) atoms. The quantitative estimate of drug-likeness (QED) is 0.665. The summed E-state index contributed by atoms with van der Waals surface area (Å²) >= 11 is 5.16. The second-order valence-corrected chi connectivity index (χ2v) is 6.35. The molecular formula is C11H13BrN2O2S. The van der Waals surface area contributed by atoms with Crippen molar-refractivity contribution in [2.45, 2.75) is 17.6 Å². The minimum Gasteiger partial charge on any atom is -0.378 e. The molecule has 2 rings (SSSR count). The number of benzene rings is 1. The van der Waals surface area contributed by atoms with E-state index in [0.29, 0.717) is 5.69 Å². The smallest absolute Gasteiger partial charge is 0.292 e. The van der Waals surface area contributed by atoms with E-state index in [1.807, 2.05) is 11.8 Å². The highest BCUT2D eigenvalue weighted by molar-refractivity contribution is 9.10. The van der Waals surface area contributed by atoms with Crippen LogP contribution in [0.25, 0.3) is 0 Å². The van der Waals surface area contributed by atoms with Crippen molar-refractivity contribution in [2.24, 2.45) is 0 Å². The fourth-order valence-corrected chi connectivity index (χ4v) is 2.75. The first-order chi connectivity index (χ1) is 8.06. The molecule has 0 radical (unpaired) electrons. The number of nitrogens with zero attached hydrogens (tertiary/aromatic N) is 1. The van der Waals surface area contributed by atoms with Gasteiger partial charge in [-0.1, -0.05) is 15.9 Å². The van der Waals surface area contributed by atoms with E-state index in [0.717, 1.165) is 11.0 Å². The fraction of sp³-hybridized carbons (Fsp3) is 0.455. The van der Waals surface area contributed by atoms with Crippen LogP contribution in [-0.4, -0.2) is 22.5 Å². The number of nitrogens with one attached hydrogen (secondary N) is 1. The average molecular weight is 317 g/mol. The monoisotopic (exact) mass is 316 g/mol. The number of thioether (sulfide) groups is 1. The highest BCUT2D eigenvalue weighted by Gasteiger charge is 2.41. The third kappa shape index (κ3) is 2.93. The Labute approximate surface area is 112 Å². The molecule has 1 aliphatic carbocycles. The number of anilines is 1. The van der Waals surface area contributed by atoms with Crippen molar-refractivity contribution < 1.29 is 4.92 Å². The van der Waals surface area contributed by atoms with E-state index in [4.69, 9.17) is 0 Å². The third-order valence-corrected chi connectivity index (χ3v) is 4.91. The molecule has 0 bridgehead atoms. The predicted octanol–water partition coefficient (Wildman–Crippen LogP) is 3.66. The van der Waals surface area contributed by atoms with Crippen LogP contribution >= 0.6 is 27.7 Å². The van der Waals surface area contributed by atoms with Gasteiger partial charge < -0.3 is 5.32 Å². The van der Waals surface area contributed by atoms with Crippen molar-refractivity contribution in [1.29, 1.82) is 0 Å². The van der Waals surface area contributed by atoms with Crippen LogP contribution < -0.4 is 5.32 Å². The van der Waals surface area contributed by atoms with E-state index in [1.165, 1.54) is 18.9 Å². The zero-order chi connectivity index (χ0) is 12.5. The molecule has 0 saturated heterocycles. The minimum atomic E-state index is -0.354. The van der Waals surface area contributed by atoms with Crippen LogP contribution in [-0.2, 0) is 0 Å². The summed E-state index contributed by atoms with van der Waals surface area (Å²) in [4.78, 5) is 10.5. The molecule has 0 aliphatic heterocycles. The minimum absolute atomic E-state index is 0.130. The van der Waals surface area contributed by atoms with E-state index >= 15 is 0 Å². The van der Waals surface area contributed by atoms with Crippen LogP contribution in [0, 0.1) is 10.1 Å². The number of hydrogen-bond acceptors (Lipinski definition) is 4. The van der Waals surface area contributed by atoms with Crippen molar-refractivity contribution in [2.75, 3.05) is 18.1 Å². The van der Waals surface area contributed by atoms with Crippen molar-refractivity contribution in [3.8, 4) is 0 Å². The lowest BCUT2D eigenvalue weighted by atomic mass is 10.2. The van der Waals surface area contributed by atoms with Gasteiger partial charge in [0, 0.05) is 21.8 Å². The second-order valence-electron chi connectivity index (χ2n) is 4.16. The summed E-state index contributed by atoms with van der Waals surface area (Å²) < 4.78 is 1.13. The van der Waals surface area contributed by atoms with Crippen LogP contribution in [0.15, 0.2) is 22.7 Å². The third-order valence-electron chi connectivity index (χ3n) is 3.00. The molecule has 0 atom stereocenters. The van der Waals surface area contributed by atoms with Crippen LogP contribution in [0.1, 0.15) is 12.8 Å². The lowest BCUT2D eigenvalue weighted by molar-refractivity contribution is -0.384. The van der Waals surface area contributed by atoms with Gasteiger partial charge in [0.1, 0.15) is 5.69 Å². The van der Waals surface area contributed by atoms with Crippen molar-refractivity contribution in [3.63, 3.8) is 0 Å². The first-order valence-electron chi connectivity index (χ1n) is 5.29. The number of rotatable bonds is 5. The Morgan fingerprint density at radius 3 is 2.82 bits per heavy atom. The molecule has 1 fully saturated rings. The zero-order valence-corrected chi connectivity index (χ0v) is 11.8. The number of nitro groups is 1. The molecular weight excluding hydrogens is 304 g/mol. The second kappa shape index (κ2) is 4.86. The van der Waals surface area contributed by atoms with E-state index in [-0.39, 0.29) is 15.4 Å². The first kappa shape index (κ1) is 12.7. The molecule has 92 valence electrons. The van der Waals surface area contributed by atoms with E-state index < -0.39 is 0 Å². The molecule has 0 heterocycles. The first-order valence-corrected chi connectivity index (χ1v) is 7.31. The number of hydrogen-bond donors (Lipinski definition) is 1.